The van der Waals surface area contributed by atoms with Gasteiger partial charge in [0, 0.05) is 10.0 Å². The summed E-state index contributed by atoms with van der Waals surface area (Å²) in [6.07, 6.45) is 1.84. The Morgan fingerprint density at radius 1 is 1.44 bits per heavy atom. The molecule has 18 heavy (non-hydrogen) atoms. The molecule has 98 valence electrons. The van der Waals surface area contributed by atoms with Crippen molar-refractivity contribution >= 4 is 31.5 Å². The van der Waals surface area contributed by atoms with E-state index < -0.39 is 9.84 Å². The van der Waals surface area contributed by atoms with Crippen molar-refractivity contribution in [2.75, 3.05) is 12.4 Å². The van der Waals surface area contributed by atoms with Gasteiger partial charge in [-0.3, -0.25) is 10.3 Å². The molecule has 0 unspecified atom stereocenters. The fourth-order valence-electron chi connectivity index (χ4n) is 1.85. The Morgan fingerprint density at radius 3 is 2.72 bits per heavy atom. The molecule has 1 aromatic rings. The van der Waals surface area contributed by atoms with Crippen molar-refractivity contribution < 1.29 is 13.3 Å². The average Bonchev–Trinajstić information content (AvgIpc) is 2.85. The lowest BCUT2D eigenvalue weighted by molar-refractivity contribution is 0.121. The molecule has 0 fully saturated rings. The first-order chi connectivity index (χ1) is 8.47. The Hall–Kier alpha value is -0.850. The lowest BCUT2D eigenvalue weighted by Crippen LogP contribution is -2.13. The lowest BCUT2D eigenvalue weighted by atomic mass is 10.1. The highest BCUT2D eigenvalue weighted by Gasteiger charge is 2.23. The molecule has 0 aliphatic carbocycles. The van der Waals surface area contributed by atoms with Crippen LogP contribution in [0.1, 0.15) is 18.1 Å². The fraction of sp³-hybridized carbons (Fsp3) is 0.333. The van der Waals surface area contributed by atoms with E-state index in [2.05, 4.69) is 21.4 Å². The first-order valence-electron chi connectivity index (χ1n) is 5.57. The Morgan fingerprint density at radius 2 is 2.17 bits per heavy atom. The van der Waals surface area contributed by atoms with E-state index in [9.17, 15) is 8.42 Å². The van der Waals surface area contributed by atoms with Gasteiger partial charge in [0.1, 0.15) is 0 Å². The highest BCUT2D eigenvalue weighted by atomic mass is 79.9. The van der Waals surface area contributed by atoms with Gasteiger partial charge in [-0.05, 0) is 30.7 Å². The number of benzene rings is 1. The number of sulfone groups is 1. The minimum Gasteiger partial charge on any atom is -0.272 e. The zero-order valence-electron chi connectivity index (χ0n) is 10.2. The van der Waals surface area contributed by atoms with E-state index in [4.69, 9.17) is 4.84 Å². The first kappa shape index (κ1) is 13.6. The molecule has 0 radical (unpaired) electrons. The van der Waals surface area contributed by atoms with Crippen molar-refractivity contribution in [3.63, 3.8) is 0 Å². The van der Waals surface area contributed by atoms with E-state index in [1.54, 1.807) is 19.1 Å². The molecule has 0 amide bonds. The third-order valence-corrected chi connectivity index (χ3v) is 5.53. The molecule has 1 heterocycles. The maximum Gasteiger partial charge on any atom is 0.178 e. The summed E-state index contributed by atoms with van der Waals surface area (Å²) in [5, 5.41) is 0. The Bertz CT molecular complexity index is 608. The van der Waals surface area contributed by atoms with E-state index in [0.717, 1.165) is 10.0 Å². The highest BCUT2D eigenvalue weighted by Crippen LogP contribution is 2.32. The summed E-state index contributed by atoms with van der Waals surface area (Å²) in [7, 11) is -3.26. The molecule has 0 saturated carbocycles. The predicted molar refractivity (Wildman–Crippen MR) is 73.7 cm³/mol. The van der Waals surface area contributed by atoms with E-state index in [0.29, 0.717) is 22.8 Å². The first-order valence-corrected chi connectivity index (χ1v) is 8.02. The van der Waals surface area contributed by atoms with Crippen LogP contribution in [0.4, 0.5) is 0 Å². The number of halogens is 1. The predicted octanol–water partition coefficient (Wildman–Crippen LogP) is 2.43. The van der Waals surface area contributed by atoms with Crippen LogP contribution in [0.2, 0.25) is 0 Å². The molecule has 1 aliphatic heterocycles. The van der Waals surface area contributed by atoms with Crippen LogP contribution < -0.4 is 5.48 Å². The Kier molecular flexibility index (Phi) is 3.79. The van der Waals surface area contributed by atoms with Crippen LogP contribution in [0.5, 0.6) is 0 Å². The van der Waals surface area contributed by atoms with Gasteiger partial charge in [0.25, 0.3) is 0 Å². The van der Waals surface area contributed by atoms with Crippen LogP contribution in [0.3, 0.4) is 0 Å². The third-order valence-electron chi connectivity index (χ3n) is 2.90. The molecular formula is C12H14BrNO3S. The van der Waals surface area contributed by atoms with Gasteiger partial charge in [0.2, 0.25) is 0 Å². The SMILES string of the molecule is CCS(=O)(=O)c1ccc(Br)c(C)c1C1=CCON1. The summed E-state index contributed by atoms with van der Waals surface area (Å²) in [4.78, 5) is 5.40. The summed E-state index contributed by atoms with van der Waals surface area (Å²) < 4.78 is 25.1. The number of hydrogen-bond donors (Lipinski definition) is 1. The van der Waals surface area contributed by atoms with Crippen LogP contribution in [-0.4, -0.2) is 20.8 Å². The van der Waals surface area contributed by atoms with Gasteiger partial charge >= 0.3 is 0 Å². The Balaban J connectivity index is 2.71. The van der Waals surface area contributed by atoms with Crippen molar-refractivity contribution in [1.82, 2.24) is 5.48 Å². The van der Waals surface area contributed by atoms with Crippen LogP contribution in [-0.2, 0) is 14.7 Å². The molecule has 1 aliphatic rings. The third kappa shape index (κ3) is 2.32. The van der Waals surface area contributed by atoms with Crippen LogP contribution in [0, 0.1) is 6.92 Å². The molecule has 0 spiro atoms. The topological polar surface area (TPSA) is 55.4 Å². The lowest BCUT2D eigenvalue weighted by Gasteiger charge is -2.14. The molecule has 0 bridgehead atoms. The summed E-state index contributed by atoms with van der Waals surface area (Å²) in [5.41, 5.74) is 5.03. The zero-order valence-corrected chi connectivity index (χ0v) is 12.6. The van der Waals surface area contributed by atoms with Crippen LogP contribution in [0.25, 0.3) is 5.70 Å². The van der Waals surface area contributed by atoms with Gasteiger partial charge in [-0.15, -0.1) is 0 Å². The summed E-state index contributed by atoms with van der Waals surface area (Å²) in [5.74, 6) is 0.0786. The standard InChI is InChI=1S/C12H14BrNO3S/c1-3-18(15,16)11-5-4-9(13)8(2)12(11)10-6-7-17-14-10/h4-6,14H,3,7H2,1-2H3. The van der Waals surface area contributed by atoms with Gasteiger partial charge in [0.15, 0.2) is 9.84 Å². The number of hydroxylamine groups is 1. The minimum atomic E-state index is -3.26. The van der Waals surface area contributed by atoms with Gasteiger partial charge in [-0.1, -0.05) is 22.9 Å². The fourth-order valence-corrected chi connectivity index (χ4v) is 3.34. The maximum absolute atomic E-state index is 12.1. The van der Waals surface area contributed by atoms with Crippen molar-refractivity contribution in [1.29, 1.82) is 0 Å². The summed E-state index contributed by atoms with van der Waals surface area (Å²) in [6, 6.07) is 3.39. The molecule has 6 heteroatoms. The second kappa shape index (κ2) is 5.03. The molecule has 0 atom stereocenters. The number of nitrogens with one attached hydrogen (secondary N) is 1. The van der Waals surface area contributed by atoms with Crippen LogP contribution >= 0.6 is 15.9 Å². The number of rotatable bonds is 3. The molecule has 4 nitrogen and oxygen atoms in total. The van der Waals surface area contributed by atoms with Crippen molar-refractivity contribution in [3.8, 4) is 0 Å². The maximum atomic E-state index is 12.1. The van der Waals surface area contributed by atoms with Gasteiger partial charge < -0.3 is 0 Å². The summed E-state index contributed by atoms with van der Waals surface area (Å²) in [6.45, 7) is 3.96. The van der Waals surface area contributed by atoms with Crippen LogP contribution in [0.15, 0.2) is 27.6 Å². The molecule has 1 aromatic carbocycles. The second-order valence-electron chi connectivity index (χ2n) is 3.98. The van der Waals surface area contributed by atoms with Gasteiger partial charge in [-0.25, -0.2) is 8.42 Å². The Labute approximate surface area is 115 Å². The summed E-state index contributed by atoms with van der Waals surface area (Å²) >= 11 is 3.43. The highest BCUT2D eigenvalue weighted by molar-refractivity contribution is 9.10. The van der Waals surface area contributed by atoms with E-state index in [1.807, 2.05) is 13.0 Å². The average molecular weight is 332 g/mol. The largest absolute Gasteiger partial charge is 0.272 e. The second-order valence-corrected chi connectivity index (χ2v) is 7.08. The molecular weight excluding hydrogens is 318 g/mol. The van der Waals surface area contributed by atoms with E-state index in [-0.39, 0.29) is 5.75 Å². The van der Waals surface area contributed by atoms with E-state index >= 15 is 0 Å². The smallest absolute Gasteiger partial charge is 0.178 e. The monoisotopic (exact) mass is 331 g/mol. The normalized spacial score (nSPS) is 15.4. The van der Waals surface area contributed by atoms with Gasteiger partial charge in [-0.2, -0.15) is 0 Å². The molecule has 0 aromatic heterocycles. The van der Waals surface area contributed by atoms with Gasteiger partial charge in [0.05, 0.1) is 23.0 Å². The van der Waals surface area contributed by atoms with Crippen molar-refractivity contribution in [3.05, 3.63) is 33.8 Å². The van der Waals surface area contributed by atoms with Crippen molar-refractivity contribution in [2.45, 2.75) is 18.7 Å². The van der Waals surface area contributed by atoms with Crippen molar-refractivity contribution in [2.24, 2.45) is 0 Å². The quantitative estimate of drug-likeness (QED) is 0.924. The molecule has 2 rings (SSSR count). The number of hydrogen-bond acceptors (Lipinski definition) is 4. The van der Waals surface area contributed by atoms with E-state index in [1.165, 1.54) is 0 Å². The molecule has 1 N–H and O–H groups in total. The zero-order chi connectivity index (χ0) is 13.3. The molecule has 0 saturated heterocycles. The minimum absolute atomic E-state index is 0.0786.